The predicted molar refractivity (Wildman–Crippen MR) is 62.1 cm³/mol. The summed E-state index contributed by atoms with van der Waals surface area (Å²) in [6, 6.07) is 8.95. The number of benzene rings is 1. The molecule has 0 aliphatic heterocycles. The van der Waals surface area contributed by atoms with E-state index in [4.69, 9.17) is 10.5 Å². The number of fused-ring (bicyclic) bond motifs is 1. The average Bonchev–Trinajstić information content (AvgIpc) is 2.29. The molecule has 82 valence electrons. The lowest BCUT2D eigenvalue weighted by Gasteiger charge is -2.04. The van der Waals surface area contributed by atoms with Gasteiger partial charge in [-0.05, 0) is 19.1 Å². The maximum absolute atomic E-state index is 11.5. The number of hydrogen-bond acceptors (Lipinski definition) is 4. The van der Waals surface area contributed by atoms with Crippen molar-refractivity contribution in [1.29, 1.82) is 0 Å². The van der Waals surface area contributed by atoms with Crippen LogP contribution in [0.3, 0.4) is 0 Å². The summed E-state index contributed by atoms with van der Waals surface area (Å²) in [5.41, 5.74) is 7.26. The van der Waals surface area contributed by atoms with Crippen molar-refractivity contribution in [3.63, 3.8) is 0 Å². The summed E-state index contributed by atoms with van der Waals surface area (Å²) >= 11 is 0. The van der Waals surface area contributed by atoms with Gasteiger partial charge in [-0.2, -0.15) is 0 Å². The lowest BCUT2D eigenvalue weighted by atomic mass is 10.2. The van der Waals surface area contributed by atoms with Crippen LogP contribution >= 0.6 is 0 Å². The average molecular weight is 216 g/mol. The number of nitrogen functional groups attached to an aromatic ring is 1. The second-order valence-corrected chi connectivity index (χ2v) is 3.34. The van der Waals surface area contributed by atoms with Gasteiger partial charge in [-0.15, -0.1) is 0 Å². The first-order chi connectivity index (χ1) is 7.72. The summed E-state index contributed by atoms with van der Waals surface area (Å²) in [5, 5.41) is 0.910. The van der Waals surface area contributed by atoms with Gasteiger partial charge in [-0.1, -0.05) is 18.2 Å². The molecule has 1 heterocycles. The lowest BCUT2D eigenvalue weighted by molar-refractivity contribution is 0.0520. The second kappa shape index (κ2) is 4.18. The number of rotatable bonds is 2. The van der Waals surface area contributed by atoms with Gasteiger partial charge in [0.2, 0.25) is 0 Å². The molecular weight excluding hydrogens is 204 g/mol. The number of pyridine rings is 1. The maximum Gasteiger partial charge on any atom is 0.356 e. The van der Waals surface area contributed by atoms with Crippen LogP contribution in [0.5, 0.6) is 0 Å². The number of esters is 1. The maximum atomic E-state index is 11.5. The van der Waals surface area contributed by atoms with E-state index in [1.54, 1.807) is 19.1 Å². The zero-order valence-corrected chi connectivity index (χ0v) is 8.93. The van der Waals surface area contributed by atoms with E-state index in [-0.39, 0.29) is 5.69 Å². The van der Waals surface area contributed by atoms with Gasteiger partial charge in [0.05, 0.1) is 17.8 Å². The van der Waals surface area contributed by atoms with Crippen molar-refractivity contribution in [2.75, 3.05) is 12.3 Å². The highest BCUT2D eigenvalue weighted by Gasteiger charge is 2.09. The molecule has 0 aliphatic carbocycles. The number of carbonyl (C=O) groups excluding carboxylic acids is 1. The Balaban J connectivity index is 2.51. The molecular formula is C12H12N2O2. The largest absolute Gasteiger partial charge is 0.461 e. The molecule has 0 aliphatic rings. The summed E-state index contributed by atoms with van der Waals surface area (Å²) in [6.07, 6.45) is 0. The van der Waals surface area contributed by atoms with Crippen LogP contribution in [-0.2, 0) is 4.74 Å². The van der Waals surface area contributed by atoms with E-state index in [0.29, 0.717) is 17.8 Å². The third-order valence-electron chi connectivity index (χ3n) is 2.24. The number of aromatic nitrogens is 1. The number of hydrogen-bond donors (Lipinski definition) is 1. The molecule has 0 radical (unpaired) electrons. The Hall–Kier alpha value is -2.10. The van der Waals surface area contributed by atoms with Gasteiger partial charge in [0.1, 0.15) is 5.69 Å². The zero-order valence-electron chi connectivity index (χ0n) is 8.93. The van der Waals surface area contributed by atoms with Gasteiger partial charge < -0.3 is 10.5 Å². The molecule has 2 rings (SSSR count). The minimum Gasteiger partial charge on any atom is -0.461 e. The normalized spacial score (nSPS) is 10.3. The third-order valence-corrected chi connectivity index (χ3v) is 2.24. The van der Waals surface area contributed by atoms with Crippen LogP contribution in [0.15, 0.2) is 30.3 Å². The quantitative estimate of drug-likeness (QED) is 0.616. The number of nitrogens with zero attached hydrogens (tertiary/aromatic N) is 1. The highest BCUT2D eigenvalue weighted by molar-refractivity contribution is 5.94. The Morgan fingerprint density at radius 3 is 2.94 bits per heavy atom. The molecule has 0 atom stereocenters. The predicted octanol–water partition coefficient (Wildman–Crippen LogP) is 1.99. The Bertz CT molecular complexity index is 538. The number of anilines is 1. The molecule has 2 aromatic rings. The topological polar surface area (TPSA) is 65.2 Å². The molecule has 0 saturated heterocycles. The molecule has 0 saturated carbocycles. The summed E-state index contributed by atoms with van der Waals surface area (Å²) in [6.45, 7) is 2.09. The monoisotopic (exact) mass is 216 g/mol. The van der Waals surface area contributed by atoms with E-state index in [1.165, 1.54) is 0 Å². The van der Waals surface area contributed by atoms with Crippen molar-refractivity contribution < 1.29 is 9.53 Å². The molecule has 0 fully saturated rings. The van der Waals surface area contributed by atoms with E-state index in [2.05, 4.69) is 4.98 Å². The fraction of sp³-hybridized carbons (Fsp3) is 0.167. The van der Waals surface area contributed by atoms with Gasteiger partial charge >= 0.3 is 5.97 Å². The van der Waals surface area contributed by atoms with Gasteiger partial charge in [0, 0.05) is 5.39 Å². The molecule has 4 heteroatoms. The Kier molecular flexibility index (Phi) is 2.72. The highest BCUT2D eigenvalue weighted by atomic mass is 16.5. The first-order valence-corrected chi connectivity index (χ1v) is 5.04. The van der Waals surface area contributed by atoms with Crippen LogP contribution in [0.4, 0.5) is 5.69 Å². The first-order valence-electron chi connectivity index (χ1n) is 5.04. The van der Waals surface area contributed by atoms with Crippen molar-refractivity contribution in [2.24, 2.45) is 0 Å². The molecule has 4 nitrogen and oxygen atoms in total. The fourth-order valence-electron chi connectivity index (χ4n) is 1.49. The molecule has 0 amide bonds. The van der Waals surface area contributed by atoms with Crippen LogP contribution in [0, 0.1) is 0 Å². The lowest BCUT2D eigenvalue weighted by Crippen LogP contribution is -2.07. The highest BCUT2D eigenvalue weighted by Crippen LogP contribution is 2.19. The molecule has 16 heavy (non-hydrogen) atoms. The number of ether oxygens (including phenoxy) is 1. The van der Waals surface area contributed by atoms with Crippen molar-refractivity contribution in [3.05, 3.63) is 36.0 Å². The number of nitrogens with two attached hydrogens (primary N) is 1. The molecule has 2 N–H and O–H groups in total. The summed E-state index contributed by atoms with van der Waals surface area (Å²) in [7, 11) is 0. The van der Waals surface area contributed by atoms with Crippen LogP contribution < -0.4 is 5.73 Å². The molecule has 0 spiro atoms. The SMILES string of the molecule is CCOC(=O)c1ccc2cccc(N)c2n1. The number of para-hydroxylation sites is 1. The first kappa shape index (κ1) is 10.4. The van der Waals surface area contributed by atoms with E-state index >= 15 is 0 Å². The summed E-state index contributed by atoms with van der Waals surface area (Å²) in [5.74, 6) is -0.423. The zero-order chi connectivity index (χ0) is 11.5. The molecule has 0 bridgehead atoms. The van der Waals surface area contributed by atoms with Crippen LogP contribution in [-0.4, -0.2) is 17.6 Å². The van der Waals surface area contributed by atoms with Gasteiger partial charge in [0.25, 0.3) is 0 Å². The van der Waals surface area contributed by atoms with Crippen LogP contribution in [0.2, 0.25) is 0 Å². The smallest absolute Gasteiger partial charge is 0.356 e. The van der Waals surface area contributed by atoms with Crippen molar-refractivity contribution in [1.82, 2.24) is 4.98 Å². The van der Waals surface area contributed by atoms with Crippen molar-refractivity contribution >= 4 is 22.6 Å². The van der Waals surface area contributed by atoms with Crippen LogP contribution in [0.25, 0.3) is 10.9 Å². The fourth-order valence-corrected chi connectivity index (χ4v) is 1.49. The van der Waals surface area contributed by atoms with E-state index < -0.39 is 5.97 Å². The Morgan fingerprint density at radius 1 is 1.38 bits per heavy atom. The number of carbonyl (C=O) groups is 1. The van der Waals surface area contributed by atoms with E-state index in [0.717, 1.165) is 5.39 Å². The second-order valence-electron chi connectivity index (χ2n) is 3.34. The van der Waals surface area contributed by atoms with E-state index in [9.17, 15) is 4.79 Å². The van der Waals surface area contributed by atoms with E-state index in [1.807, 2.05) is 18.2 Å². The minimum atomic E-state index is -0.423. The van der Waals surface area contributed by atoms with Crippen LogP contribution in [0.1, 0.15) is 17.4 Å². The molecule has 1 aromatic carbocycles. The molecule has 0 unspecified atom stereocenters. The van der Waals surface area contributed by atoms with Gasteiger partial charge in [-0.25, -0.2) is 9.78 Å². The summed E-state index contributed by atoms with van der Waals surface area (Å²) in [4.78, 5) is 15.7. The third kappa shape index (κ3) is 1.82. The Labute approximate surface area is 93.0 Å². The van der Waals surface area contributed by atoms with Gasteiger partial charge in [-0.3, -0.25) is 0 Å². The van der Waals surface area contributed by atoms with Crippen molar-refractivity contribution in [3.8, 4) is 0 Å². The minimum absolute atomic E-state index is 0.284. The summed E-state index contributed by atoms with van der Waals surface area (Å²) < 4.78 is 4.87. The standard InChI is InChI=1S/C12H12N2O2/c1-2-16-12(15)10-7-6-8-4-3-5-9(13)11(8)14-10/h3-7H,2,13H2,1H3. The Morgan fingerprint density at radius 2 is 2.19 bits per heavy atom. The molecule has 1 aromatic heterocycles. The van der Waals surface area contributed by atoms with Crippen molar-refractivity contribution in [2.45, 2.75) is 6.92 Å². The van der Waals surface area contributed by atoms with Gasteiger partial charge in [0.15, 0.2) is 0 Å².